The van der Waals surface area contributed by atoms with E-state index in [4.69, 9.17) is 9.98 Å². The standard InChI is InChI=1S/C18H19N5/c1-17(2)11-9-20-23-15(11)16(22-18(17,3)4)14-10-19-12-7-5-6-8-13(12)21-14/h5-10H,1-4H3,(H,20,23). The molecule has 116 valence electrons. The maximum Gasteiger partial charge on any atom is 0.116 e. The van der Waals surface area contributed by atoms with Crippen molar-refractivity contribution in [1.82, 2.24) is 20.2 Å². The molecule has 1 N–H and O–H groups in total. The van der Waals surface area contributed by atoms with Crippen LogP contribution in [-0.4, -0.2) is 31.4 Å². The molecule has 0 bridgehead atoms. The molecule has 1 aliphatic rings. The van der Waals surface area contributed by atoms with Crippen LogP contribution in [0.25, 0.3) is 11.0 Å². The summed E-state index contributed by atoms with van der Waals surface area (Å²) in [7, 11) is 0. The van der Waals surface area contributed by atoms with Gasteiger partial charge in [0.2, 0.25) is 0 Å². The first kappa shape index (κ1) is 14.1. The van der Waals surface area contributed by atoms with Crippen molar-refractivity contribution in [1.29, 1.82) is 0 Å². The van der Waals surface area contributed by atoms with Crippen molar-refractivity contribution in [3.05, 3.63) is 53.6 Å². The highest BCUT2D eigenvalue weighted by Gasteiger charge is 2.45. The normalized spacial score (nSPS) is 18.5. The Morgan fingerprint density at radius 1 is 1.00 bits per heavy atom. The summed E-state index contributed by atoms with van der Waals surface area (Å²) in [5, 5.41) is 7.42. The van der Waals surface area contributed by atoms with Crippen molar-refractivity contribution in [3.63, 3.8) is 0 Å². The Labute approximate surface area is 134 Å². The molecular formula is C18H19N5. The summed E-state index contributed by atoms with van der Waals surface area (Å²) in [5.74, 6) is 0. The lowest BCUT2D eigenvalue weighted by Crippen LogP contribution is -2.45. The lowest BCUT2D eigenvalue weighted by Gasteiger charge is -2.42. The zero-order valence-corrected chi connectivity index (χ0v) is 13.8. The molecule has 0 spiro atoms. The molecule has 0 aliphatic carbocycles. The van der Waals surface area contributed by atoms with E-state index in [9.17, 15) is 0 Å². The van der Waals surface area contributed by atoms with E-state index in [0.29, 0.717) is 0 Å². The fraction of sp³-hybridized carbons (Fsp3) is 0.333. The van der Waals surface area contributed by atoms with Crippen molar-refractivity contribution in [2.45, 2.75) is 38.6 Å². The molecule has 0 amide bonds. The van der Waals surface area contributed by atoms with Gasteiger partial charge in [0.25, 0.3) is 0 Å². The number of aliphatic imine (C=N–C) groups is 1. The van der Waals surface area contributed by atoms with Gasteiger partial charge in [0.05, 0.1) is 22.8 Å². The van der Waals surface area contributed by atoms with Gasteiger partial charge >= 0.3 is 0 Å². The van der Waals surface area contributed by atoms with Crippen molar-refractivity contribution in [3.8, 4) is 0 Å². The van der Waals surface area contributed by atoms with Gasteiger partial charge in [-0.1, -0.05) is 26.0 Å². The molecule has 0 saturated carbocycles. The van der Waals surface area contributed by atoms with Crippen LogP contribution in [0.2, 0.25) is 0 Å². The zero-order chi connectivity index (χ0) is 16.2. The molecule has 5 heteroatoms. The average molecular weight is 305 g/mol. The quantitative estimate of drug-likeness (QED) is 0.750. The first-order valence-electron chi connectivity index (χ1n) is 7.77. The van der Waals surface area contributed by atoms with Gasteiger partial charge in [0, 0.05) is 17.2 Å². The Morgan fingerprint density at radius 2 is 1.74 bits per heavy atom. The van der Waals surface area contributed by atoms with Crippen molar-refractivity contribution >= 4 is 16.7 Å². The second-order valence-electron chi connectivity index (χ2n) is 7.04. The van der Waals surface area contributed by atoms with Crippen molar-refractivity contribution < 1.29 is 0 Å². The molecule has 0 unspecified atom stereocenters. The number of rotatable bonds is 1. The van der Waals surface area contributed by atoms with E-state index in [1.807, 2.05) is 30.5 Å². The average Bonchev–Trinajstić information content (AvgIpc) is 3.01. The van der Waals surface area contributed by atoms with Crippen LogP contribution in [0, 0.1) is 0 Å². The number of hydrogen-bond acceptors (Lipinski definition) is 4. The number of benzene rings is 1. The number of para-hydroxylation sites is 2. The van der Waals surface area contributed by atoms with Gasteiger partial charge in [-0.25, -0.2) is 4.98 Å². The topological polar surface area (TPSA) is 66.8 Å². The summed E-state index contributed by atoms with van der Waals surface area (Å²) >= 11 is 0. The van der Waals surface area contributed by atoms with Crippen molar-refractivity contribution in [2.75, 3.05) is 0 Å². The van der Waals surface area contributed by atoms with E-state index in [0.717, 1.165) is 28.1 Å². The van der Waals surface area contributed by atoms with Gasteiger partial charge in [0.1, 0.15) is 17.1 Å². The Kier molecular flexibility index (Phi) is 2.73. The Bertz CT molecular complexity index is 933. The molecular weight excluding hydrogens is 286 g/mol. The number of fused-ring (bicyclic) bond motifs is 2. The fourth-order valence-electron chi connectivity index (χ4n) is 3.00. The minimum atomic E-state index is -0.257. The summed E-state index contributed by atoms with van der Waals surface area (Å²) in [6.45, 7) is 8.70. The molecule has 1 aliphatic heterocycles. The van der Waals surface area contributed by atoms with E-state index in [1.165, 1.54) is 5.56 Å². The number of aromatic nitrogens is 4. The van der Waals surface area contributed by atoms with E-state index in [-0.39, 0.29) is 11.0 Å². The van der Waals surface area contributed by atoms with E-state index < -0.39 is 0 Å². The SMILES string of the molecule is CC1(C)N=C(c2cnc3ccccc3n2)c2n[nH]cc2C1(C)C. The number of H-pyrrole nitrogens is 1. The zero-order valence-electron chi connectivity index (χ0n) is 13.8. The van der Waals surface area contributed by atoms with E-state index in [2.05, 4.69) is 42.9 Å². The van der Waals surface area contributed by atoms with Gasteiger partial charge in [-0.15, -0.1) is 0 Å². The van der Waals surface area contributed by atoms with Crippen LogP contribution in [0.15, 0.2) is 41.7 Å². The largest absolute Gasteiger partial charge is 0.285 e. The molecule has 2 aromatic heterocycles. The van der Waals surface area contributed by atoms with Crippen LogP contribution >= 0.6 is 0 Å². The predicted molar refractivity (Wildman–Crippen MR) is 90.9 cm³/mol. The third-order valence-corrected chi connectivity index (χ3v) is 5.15. The summed E-state index contributed by atoms with van der Waals surface area (Å²) < 4.78 is 0. The molecule has 23 heavy (non-hydrogen) atoms. The minimum Gasteiger partial charge on any atom is -0.285 e. The smallest absolute Gasteiger partial charge is 0.116 e. The minimum absolute atomic E-state index is 0.108. The number of nitrogens with zero attached hydrogens (tertiary/aromatic N) is 4. The second-order valence-corrected chi connectivity index (χ2v) is 7.04. The van der Waals surface area contributed by atoms with Crippen molar-refractivity contribution in [2.24, 2.45) is 4.99 Å². The Morgan fingerprint density at radius 3 is 2.52 bits per heavy atom. The maximum atomic E-state index is 4.99. The first-order chi connectivity index (χ1) is 10.9. The summed E-state index contributed by atoms with van der Waals surface area (Å²) in [6.07, 6.45) is 3.76. The van der Waals surface area contributed by atoms with Gasteiger partial charge in [0.15, 0.2) is 0 Å². The van der Waals surface area contributed by atoms with Crippen LogP contribution in [0.3, 0.4) is 0 Å². The van der Waals surface area contributed by atoms with Crippen LogP contribution in [-0.2, 0) is 5.41 Å². The van der Waals surface area contributed by atoms with Gasteiger partial charge < -0.3 is 0 Å². The molecule has 0 atom stereocenters. The summed E-state index contributed by atoms with van der Waals surface area (Å²) in [6, 6.07) is 7.86. The van der Waals surface area contributed by atoms with Crippen LogP contribution < -0.4 is 0 Å². The number of hydrogen-bond donors (Lipinski definition) is 1. The van der Waals surface area contributed by atoms with E-state index in [1.54, 1.807) is 6.20 Å². The number of nitrogens with one attached hydrogen (secondary N) is 1. The lowest BCUT2D eigenvalue weighted by molar-refractivity contribution is 0.303. The van der Waals surface area contributed by atoms with Crippen LogP contribution in [0.4, 0.5) is 0 Å². The Hall–Kier alpha value is -2.56. The molecule has 0 fully saturated rings. The molecule has 4 rings (SSSR count). The third kappa shape index (κ3) is 1.92. The van der Waals surface area contributed by atoms with Gasteiger partial charge in [-0.3, -0.25) is 15.1 Å². The highest BCUT2D eigenvalue weighted by molar-refractivity contribution is 6.12. The third-order valence-electron chi connectivity index (χ3n) is 5.15. The van der Waals surface area contributed by atoms with E-state index >= 15 is 0 Å². The van der Waals surface area contributed by atoms with Crippen LogP contribution in [0.5, 0.6) is 0 Å². The lowest BCUT2D eigenvalue weighted by atomic mass is 9.68. The molecule has 1 aromatic carbocycles. The highest BCUT2D eigenvalue weighted by Crippen LogP contribution is 2.42. The summed E-state index contributed by atoms with van der Waals surface area (Å²) in [5.41, 5.74) is 5.00. The highest BCUT2D eigenvalue weighted by atomic mass is 15.1. The molecule has 0 saturated heterocycles. The monoisotopic (exact) mass is 305 g/mol. The molecule has 3 aromatic rings. The predicted octanol–water partition coefficient (Wildman–Crippen LogP) is 3.26. The molecule has 3 heterocycles. The first-order valence-corrected chi connectivity index (χ1v) is 7.77. The molecule has 5 nitrogen and oxygen atoms in total. The van der Waals surface area contributed by atoms with Gasteiger partial charge in [-0.05, 0) is 26.0 Å². The summed E-state index contributed by atoms with van der Waals surface area (Å²) in [4.78, 5) is 14.2. The number of aromatic amines is 1. The fourth-order valence-corrected chi connectivity index (χ4v) is 3.00. The molecule has 0 radical (unpaired) electrons. The maximum absolute atomic E-state index is 4.99. The second kappa shape index (κ2) is 4.47. The van der Waals surface area contributed by atoms with Gasteiger partial charge in [-0.2, -0.15) is 5.10 Å². The Balaban J connectivity index is 1.95. The van der Waals surface area contributed by atoms with Crippen LogP contribution in [0.1, 0.15) is 44.6 Å².